The van der Waals surface area contributed by atoms with Gasteiger partial charge < -0.3 is 5.73 Å². The zero-order chi connectivity index (χ0) is 13.9. The third-order valence-corrected chi connectivity index (χ3v) is 5.13. The van der Waals surface area contributed by atoms with Crippen LogP contribution in [0.15, 0.2) is 23.4 Å². The first-order valence-corrected chi connectivity index (χ1v) is 7.61. The lowest BCUT2D eigenvalue weighted by atomic mass is 10.1. The molecule has 2 rings (SSSR count). The molecule has 0 spiro atoms. The van der Waals surface area contributed by atoms with Crippen molar-refractivity contribution in [1.82, 2.24) is 9.29 Å². The Kier molecular flexibility index (Phi) is 4.14. The zero-order valence-corrected chi connectivity index (χ0v) is 11.3. The topological polar surface area (TPSA) is 100 Å². The Bertz CT molecular complexity index is 594. The largest absolute Gasteiger partial charge is 0.329 e. The van der Waals surface area contributed by atoms with Gasteiger partial charge in [0.05, 0.1) is 11.6 Å². The van der Waals surface area contributed by atoms with Gasteiger partial charge in [0.1, 0.15) is 0 Å². The molecule has 0 aliphatic carbocycles. The Morgan fingerprint density at radius 2 is 2.32 bits per heavy atom. The molecule has 1 unspecified atom stereocenters. The summed E-state index contributed by atoms with van der Waals surface area (Å²) in [6, 6.07) is 4.53. The highest BCUT2D eigenvalue weighted by molar-refractivity contribution is 7.89. The molecule has 0 radical (unpaired) electrons. The lowest BCUT2D eigenvalue weighted by Gasteiger charge is -2.33. The van der Waals surface area contributed by atoms with Crippen molar-refractivity contribution >= 4 is 10.0 Å². The molecule has 2 N–H and O–H groups in total. The average Bonchev–Trinajstić information content (AvgIpc) is 2.47. The molecule has 0 amide bonds. The van der Waals surface area contributed by atoms with Crippen LogP contribution in [-0.4, -0.2) is 36.8 Å². The average molecular weight is 280 g/mol. The third-order valence-electron chi connectivity index (χ3n) is 3.28. The minimum absolute atomic E-state index is 0.0769. The van der Waals surface area contributed by atoms with Gasteiger partial charge >= 0.3 is 0 Å². The Morgan fingerprint density at radius 3 is 3.00 bits per heavy atom. The number of pyridine rings is 1. The number of nitriles is 1. The summed E-state index contributed by atoms with van der Waals surface area (Å²) in [6.45, 7) is 0.764. The van der Waals surface area contributed by atoms with E-state index in [1.165, 1.54) is 22.6 Å². The van der Waals surface area contributed by atoms with E-state index >= 15 is 0 Å². The highest BCUT2D eigenvalue weighted by atomic mass is 32.2. The lowest BCUT2D eigenvalue weighted by Crippen LogP contribution is -2.47. The number of hydrogen-bond donors (Lipinski definition) is 1. The summed E-state index contributed by atoms with van der Waals surface area (Å²) in [7, 11) is -3.66. The maximum Gasteiger partial charge on any atom is 0.260 e. The third kappa shape index (κ3) is 2.76. The molecule has 7 heteroatoms. The van der Waals surface area contributed by atoms with Crippen LogP contribution >= 0.6 is 0 Å². The van der Waals surface area contributed by atoms with E-state index in [1.807, 2.05) is 6.07 Å². The molecule has 1 aliphatic rings. The van der Waals surface area contributed by atoms with Gasteiger partial charge in [-0.25, -0.2) is 13.4 Å². The van der Waals surface area contributed by atoms with Gasteiger partial charge in [0.25, 0.3) is 10.0 Å². The second kappa shape index (κ2) is 5.65. The van der Waals surface area contributed by atoms with Crippen molar-refractivity contribution in [3.8, 4) is 6.07 Å². The second-order valence-corrected chi connectivity index (χ2v) is 6.33. The van der Waals surface area contributed by atoms with E-state index in [9.17, 15) is 8.42 Å². The van der Waals surface area contributed by atoms with Crippen molar-refractivity contribution < 1.29 is 8.42 Å². The molecule has 1 aliphatic heterocycles. The van der Waals surface area contributed by atoms with E-state index in [0.29, 0.717) is 13.1 Å². The molecule has 6 nitrogen and oxygen atoms in total. The Morgan fingerprint density at radius 1 is 1.53 bits per heavy atom. The number of aromatic nitrogens is 1. The molecule has 1 aromatic heterocycles. The summed E-state index contributed by atoms with van der Waals surface area (Å²) >= 11 is 0. The van der Waals surface area contributed by atoms with E-state index in [1.54, 1.807) is 0 Å². The van der Waals surface area contributed by atoms with Crippen LogP contribution in [0.5, 0.6) is 0 Å². The van der Waals surface area contributed by atoms with Crippen molar-refractivity contribution in [2.75, 3.05) is 13.1 Å². The van der Waals surface area contributed by atoms with Crippen molar-refractivity contribution in [1.29, 1.82) is 5.26 Å². The normalized spacial score (nSPS) is 20.9. The van der Waals surface area contributed by atoms with Crippen LogP contribution in [0.4, 0.5) is 0 Å². The van der Waals surface area contributed by atoms with Gasteiger partial charge in [0.2, 0.25) is 0 Å². The highest BCUT2D eigenvalue weighted by Crippen LogP contribution is 2.24. The zero-order valence-electron chi connectivity index (χ0n) is 10.5. The molecule has 0 bridgehead atoms. The molecule has 1 atom stereocenters. The molecule has 1 saturated heterocycles. The first kappa shape index (κ1) is 13.9. The first-order chi connectivity index (χ1) is 9.09. The van der Waals surface area contributed by atoms with Crippen molar-refractivity contribution in [3.63, 3.8) is 0 Å². The van der Waals surface area contributed by atoms with Crippen molar-refractivity contribution in [2.45, 2.75) is 30.3 Å². The van der Waals surface area contributed by atoms with Crippen LogP contribution in [0.3, 0.4) is 0 Å². The van der Waals surface area contributed by atoms with Gasteiger partial charge in [-0.1, -0.05) is 6.42 Å². The SMILES string of the molecule is N#Cc1ccnc(S(=O)(=O)N2CCCCC2CN)c1. The summed E-state index contributed by atoms with van der Waals surface area (Å²) < 4.78 is 26.5. The standard InChI is InChI=1S/C12H16N4O2S/c13-8-10-4-5-15-12(7-10)19(17,18)16-6-2-1-3-11(16)9-14/h4-5,7,11H,1-3,6,9,14H2. The molecular weight excluding hydrogens is 264 g/mol. The second-order valence-electron chi connectivity index (χ2n) is 4.50. The number of sulfonamides is 1. The maximum absolute atomic E-state index is 12.5. The van der Waals surface area contributed by atoms with E-state index in [4.69, 9.17) is 11.0 Å². The number of hydrogen-bond acceptors (Lipinski definition) is 5. The number of nitrogens with two attached hydrogens (primary N) is 1. The predicted molar refractivity (Wildman–Crippen MR) is 69.5 cm³/mol. The molecule has 1 fully saturated rings. The van der Waals surface area contributed by atoms with Gasteiger partial charge in [-0.15, -0.1) is 0 Å². The molecule has 0 aromatic carbocycles. The predicted octanol–water partition coefficient (Wildman–Crippen LogP) is 0.455. The monoisotopic (exact) mass is 280 g/mol. The fraction of sp³-hybridized carbons (Fsp3) is 0.500. The Labute approximate surface area is 112 Å². The van der Waals surface area contributed by atoms with Crippen LogP contribution in [0.25, 0.3) is 0 Å². The van der Waals surface area contributed by atoms with Crippen LogP contribution in [0, 0.1) is 11.3 Å². The van der Waals surface area contributed by atoms with Crippen molar-refractivity contribution in [2.24, 2.45) is 5.73 Å². The van der Waals surface area contributed by atoms with Crippen LogP contribution in [0.1, 0.15) is 24.8 Å². The number of nitrogens with zero attached hydrogens (tertiary/aromatic N) is 3. The molecule has 19 heavy (non-hydrogen) atoms. The van der Waals surface area contributed by atoms with E-state index in [2.05, 4.69) is 4.98 Å². The Balaban J connectivity index is 2.38. The van der Waals surface area contributed by atoms with E-state index < -0.39 is 10.0 Å². The minimum Gasteiger partial charge on any atom is -0.329 e. The van der Waals surface area contributed by atoms with Crippen LogP contribution in [0.2, 0.25) is 0 Å². The summed E-state index contributed by atoms with van der Waals surface area (Å²) in [4.78, 5) is 3.88. The number of piperidine rings is 1. The van der Waals surface area contributed by atoms with Crippen LogP contribution < -0.4 is 5.73 Å². The fourth-order valence-electron chi connectivity index (χ4n) is 2.27. The summed E-state index contributed by atoms with van der Waals surface area (Å²) in [5.41, 5.74) is 5.93. The van der Waals surface area contributed by atoms with Gasteiger partial charge in [-0.05, 0) is 25.0 Å². The number of rotatable bonds is 3. The van der Waals surface area contributed by atoms with Crippen molar-refractivity contribution in [3.05, 3.63) is 23.9 Å². The molecular formula is C12H16N4O2S. The van der Waals surface area contributed by atoms with Gasteiger partial charge in [0.15, 0.2) is 5.03 Å². The maximum atomic E-state index is 12.5. The fourth-order valence-corrected chi connectivity index (χ4v) is 3.93. The molecule has 0 saturated carbocycles. The van der Waals surface area contributed by atoms with E-state index in [-0.39, 0.29) is 16.6 Å². The minimum atomic E-state index is -3.66. The van der Waals surface area contributed by atoms with E-state index in [0.717, 1.165) is 19.3 Å². The Hall–Kier alpha value is -1.49. The lowest BCUT2D eigenvalue weighted by molar-refractivity contribution is 0.257. The molecule has 1 aromatic rings. The highest BCUT2D eigenvalue weighted by Gasteiger charge is 2.33. The summed E-state index contributed by atoms with van der Waals surface area (Å²) in [5, 5.41) is 8.75. The molecule has 102 valence electrons. The van der Waals surface area contributed by atoms with Crippen LogP contribution in [-0.2, 0) is 10.0 Å². The quantitative estimate of drug-likeness (QED) is 0.866. The van der Waals surface area contributed by atoms with Gasteiger partial charge in [-0.3, -0.25) is 0 Å². The molecule has 2 heterocycles. The first-order valence-electron chi connectivity index (χ1n) is 6.17. The summed E-state index contributed by atoms with van der Waals surface area (Å²) in [6.07, 6.45) is 3.92. The van der Waals surface area contributed by atoms with Gasteiger partial charge in [-0.2, -0.15) is 9.57 Å². The summed E-state index contributed by atoms with van der Waals surface area (Å²) in [5.74, 6) is 0. The smallest absolute Gasteiger partial charge is 0.260 e. The van der Waals surface area contributed by atoms with Gasteiger partial charge in [0, 0.05) is 25.3 Å².